The average molecular weight is 292 g/mol. The zero-order valence-corrected chi connectivity index (χ0v) is 12.8. The van der Waals surface area contributed by atoms with Crippen molar-refractivity contribution >= 4 is 11.4 Å². The van der Waals surface area contributed by atoms with Crippen molar-refractivity contribution in [3.63, 3.8) is 0 Å². The Labute approximate surface area is 125 Å². The Hall–Kier alpha value is -1.78. The minimum atomic E-state index is -0.416. The molecule has 5 nitrogen and oxygen atoms in total. The second-order valence-corrected chi connectivity index (χ2v) is 5.70. The molecule has 0 saturated heterocycles. The number of ether oxygens (including phenoxy) is 1. The molecule has 1 N–H and O–H groups in total. The van der Waals surface area contributed by atoms with Gasteiger partial charge in [-0.25, -0.2) is 0 Å². The van der Waals surface area contributed by atoms with E-state index in [9.17, 15) is 10.1 Å². The topological polar surface area (TPSA) is 64.4 Å². The van der Waals surface area contributed by atoms with Crippen LogP contribution in [-0.4, -0.2) is 18.1 Å². The first-order chi connectivity index (χ1) is 10.2. The molecule has 0 aliphatic heterocycles. The molecule has 1 aromatic carbocycles. The Kier molecular flexibility index (Phi) is 5.42. The van der Waals surface area contributed by atoms with Crippen molar-refractivity contribution in [2.24, 2.45) is 5.92 Å². The van der Waals surface area contributed by atoms with E-state index in [1.165, 1.54) is 45.3 Å². The fraction of sp³-hybridized carbons (Fsp3) is 0.625. The third kappa shape index (κ3) is 3.86. The molecule has 0 heterocycles. The number of benzene rings is 1. The summed E-state index contributed by atoms with van der Waals surface area (Å²) in [4.78, 5) is 10.5. The lowest BCUT2D eigenvalue weighted by Crippen LogP contribution is -2.30. The van der Waals surface area contributed by atoms with Gasteiger partial charge in [-0.2, -0.15) is 0 Å². The fourth-order valence-electron chi connectivity index (χ4n) is 3.22. The average Bonchev–Trinajstić information content (AvgIpc) is 2.53. The lowest BCUT2D eigenvalue weighted by molar-refractivity contribution is -0.385. The number of methoxy groups -OCH3 is 1. The van der Waals surface area contributed by atoms with Gasteiger partial charge in [0.1, 0.15) is 0 Å². The van der Waals surface area contributed by atoms with Crippen molar-refractivity contribution in [2.45, 2.75) is 51.5 Å². The fourth-order valence-corrected chi connectivity index (χ4v) is 3.22. The number of rotatable bonds is 6. The van der Waals surface area contributed by atoms with E-state index in [1.54, 1.807) is 12.1 Å². The third-order valence-corrected chi connectivity index (χ3v) is 4.39. The number of nitro benzene ring substituents is 1. The van der Waals surface area contributed by atoms with Gasteiger partial charge in [-0.15, -0.1) is 0 Å². The van der Waals surface area contributed by atoms with E-state index in [2.05, 4.69) is 12.2 Å². The maximum atomic E-state index is 10.9. The summed E-state index contributed by atoms with van der Waals surface area (Å²) in [7, 11) is 1.46. The van der Waals surface area contributed by atoms with E-state index in [1.807, 2.05) is 0 Å². The molecule has 0 bridgehead atoms. The van der Waals surface area contributed by atoms with Gasteiger partial charge in [0.15, 0.2) is 5.75 Å². The Bertz CT molecular complexity index is 484. The van der Waals surface area contributed by atoms with Gasteiger partial charge < -0.3 is 10.1 Å². The highest BCUT2D eigenvalue weighted by atomic mass is 16.6. The van der Waals surface area contributed by atoms with Gasteiger partial charge in [0.25, 0.3) is 0 Å². The minimum Gasteiger partial charge on any atom is -0.490 e. The molecule has 1 unspecified atom stereocenters. The summed E-state index contributed by atoms with van der Waals surface area (Å²) in [6.45, 7) is 2.19. The van der Waals surface area contributed by atoms with Crippen LogP contribution in [0.1, 0.15) is 45.4 Å². The van der Waals surface area contributed by atoms with Crippen LogP contribution in [0.2, 0.25) is 0 Å². The molecule has 21 heavy (non-hydrogen) atoms. The molecule has 1 saturated carbocycles. The zero-order chi connectivity index (χ0) is 15.2. The smallest absolute Gasteiger partial charge is 0.311 e. The molecule has 1 fully saturated rings. The van der Waals surface area contributed by atoms with Crippen LogP contribution in [-0.2, 0) is 0 Å². The van der Waals surface area contributed by atoms with E-state index < -0.39 is 4.92 Å². The van der Waals surface area contributed by atoms with Crippen LogP contribution in [0.3, 0.4) is 0 Å². The summed E-state index contributed by atoms with van der Waals surface area (Å²) in [5, 5.41) is 14.5. The summed E-state index contributed by atoms with van der Waals surface area (Å²) in [6, 6.07) is 5.43. The molecule has 0 aromatic heterocycles. The van der Waals surface area contributed by atoms with Gasteiger partial charge in [0, 0.05) is 23.9 Å². The van der Waals surface area contributed by atoms with E-state index in [-0.39, 0.29) is 5.69 Å². The Balaban J connectivity index is 2.11. The highest BCUT2D eigenvalue weighted by Gasteiger charge is 2.23. The maximum Gasteiger partial charge on any atom is 0.311 e. The van der Waals surface area contributed by atoms with Crippen LogP contribution in [0.15, 0.2) is 18.2 Å². The lowest BCUT2D eigenvalue weighted by Gasteiger charge is -2.31. The monoisotopic (exact) mass is 292 g/mol. The third-order valence-electron chi connectivity index (χ3n) is 4.39. The van der Waals surface area contributed by atoms with E-state index >= 15 is 0 Å². The molecular weight excluding hydrogens is 268 g/mol. The van der Waals surface area contributed by atoms with Gasteiger partial charge >= 0.3 is 5.69 Å². The molecule has 0 radical (unpaired) electrons. The van der Waals surface area contributed by atoms with Crippen molar-refractivity contribution in [3.8, 4) is 5.75 Å². The number of nitrogens with zero attached hydrogens (tertiary/aromatic N) is 1. The van der Waals surface area contributed by atoms with Crippen molar-refractivity contribution in [1.82, 2.24) is 0 Å². The summed E-state index contributed by atoms with van der Waals surface area (Å²) >= 11 is 0. The molecule has 116 valence electrons. The largest absolute Gasteiger partial charge is 0.490 e. The molecule has 5 heteroatoms. The summed E-state index contributed by atoms with van der Waals surface area (Å²) < 4.78 is 5.13. The van der Waals surface area contributed by atoms with Crippen molar-refractivity contribution in [1.29, 1.82) is 0 Å². The molecule has 2 rings (SSSR count). The molecule has 0 amide bonds. The highest BCUT2D eigenvalue weighted by molar-refractivity contribution is 5.58. The molecular formula is C16H24N2O3. The number of nitrogens with one attached hydrogen (secondary N) is 1. The quantitative estimate of drug-likeness (QED) is 0.624. The maximum absolute atomic E-state index is 10.9. The summed E-state index contributed by atoms with van der Waals surface area (Å²) in [6.07, 6.45) is 7.58. The van der Waals surface area contributed by atoms with Gasteiger partial charge in [0.2, 0.25) is 0 Å². The molecule has 1 aliphatic carbocycles. The Morgan fingerprint density at radius 2 is 2.10 bits per heavy atom. The first kappa shape index (κ1) is 15.6. The van der Waals surface area contributed by atoms with E-state index in [0.717, 1.165) is 12.1 Å². The number of anilines is 1. The second kappa shape index (κ2) is 7.29. The number of nitro groups is 1. The normalized spacial score (nSPS) is 17.2. The van der Waals surface area contributed by atoms with Crippen LogP contribution >= 0.6 is 0 Å². The highest BCUT2D eigenvalue weighted by Crippen LogP contribution is 2.33. The summed E-state index contributed by atoms with van der Waals surface area (Å²) in [5.74, 6) is 1.01. The molecule has 1 aliphatic rings. The molecule has 1 atom stereocenters. The van der Waals surface area contributed by atoms with Crippen LogP contribution in [0.25, 0.3) is 0 Å². The van der Waals surface area contributed by atoms with Gasteiger partial charge in [-0.05, 0) is 31.2 Å². The minimum absolute atomic E-state index is 0.00812. The van der Waals surface area contributed by atoms with Crippen LogP contribution in [0.4, 0.5) is 11.4 Å². The first-order valence-electron chi connectivity index (χ1n) is 7.74. The number of hydrogen-bond acceptors (Lipinski definition) is 4. The predicted molar refractivity (Wildman–Crippen MR) is 83.9 cm³/mol. The number of hydrogen-bond donors (Lipinski definition) is 1. The van der Waals surface area contributed by atoms with E-state index in [4.69, 9.17) is 4.74 Å². The van der Waals surface area contributed by atoms with Crippen LogP contribution < -0.4 is 10.1 Å². The molecule has 1 aromatic rings. The second-order valence-electron chi connectivity index (χ2n) is 5.70. The van der Waals surface area contributed by atoms with Crippen LogP contribution in [0, 0.1) is 16.0 Å². The van der Waals surface area contributed by atoms with Gasteiger partial charge in [-0.1, -0.05) is 26.2 Å². The first-order valence-corrected chi connectivity index (χ1v) is 7.74. The Morgan fingerprint density at radius 1 is 1.38 bits per heavy atom. The van der Waals surface area contributed by atoms with E-state index in [0.29, 0.717) is 17.7 Å². The predicted octanol–water partition coefficient (Wildman–Crippen LogP) is 4.37. The van der Waals surface area contributed by atoms with Gasteiger partial charge in [0.05, 0.1) is 12.0 Å². The van der Waals surface area contributed by atoms with Crippen molar-refractivity contribution in [2.75, 3.05) is 12.4 Å². The zero-order valence-electron chi connectivity index (χ0n) is 12.8. The Morgan fingerprint density at radius 3 is 2.67 bits per heavy atom. The van der Waals surface area contributed by atoms with Gasteiger partial charge in [-0.3, -0.25) is 10.1 Å². The lowest BCUT2D eigenvalue weighted by atomic mass is 9.83. The molecule has 0 spiro atoms. The van der Waals surface area contributed by atoms with Crippen LogP contribution in [0.5, 0.6) is 5.75 Å². The SMILES string of the molecule is CCC(Nc1ccc([N+](=O)[O-])c(OC)c1)C1CCCCC1. The van der Waals surface area contributed by atoms with Crippen molar-refractivity contribution in [3.05, 3.63) is 28.3 Å². The standard InChI is InChI=1S/C16H24N2O3/c1-3-14(12-7-5-4-6-8-12)17-13-9-10-15(18(19)20)16(11-13)21-2/h9-12,14,17H,3-8H2,1-2H3. The van der Waals surface area contributed by atoms with Crippen molar-refractivity contribution < 1.29 is 9.66 Å². The summed E-state index contributed by atoms with van der Waals surface area (Å²) in [5.41, 5.74) is 0.906.